The van der Waals surface area contributed by atoms with Crippen LogP contribution in [0, 0.1) is 5.92 Å². The first-order valence-corrected chi connectivity index (χ1v) is 8.98. The molecule has 2 aliphatic rings. The van der Waals surface area contributed by atoms with Crippen molar-refractivity contribution in [3.05, 3.63) is 16.6 Å². The molecular weight excluding hydrogens is 266 g/mol. The highest BCUT2D eigenvalue weighted by Gasteiger charge is 2.44. The second kappa shape index (κ2) is 6.12. The Morgan fingerprint density at radius 1 is 1.50 bits per heavy atom. The van der Waals surface area contributed by atoms with Gasteiger partial charge in [0.05, 0.1) is 6.54 Å². The van der Waals surface area contributed by atoms with E-state index in [0.717, 1.165) is 12.5 Å². The van der Waals surface area contributed by atoms with E-state index in [1.165, 1.54) is 50.2 Å². The summed E-state index contributed by atoms with van der Waals surface area (Å²) >= 11 is 1.80. The Hall–Kier alpha value is -0.450. The molecule has 1 saturated carbocycles. The molecule has 0 aromatic carbocycles. The standard InChI is InChI=1S/C16H27N3S/c1-3-13(2)14-10-19(11-15-17-8-9-20-15)16(12-18-14)6-4-5-7-16/h8-9,13-14,18H,3-7,10-12H2,1-2H3. The van der Waals surface area contributed by atoms with Gasteiger partial charge in [0.25, 0.3) is 0 Å². The van der Waals surface area contributed by atoms with Crippen LogP contribution in [-0.2, 0) is 6.54 Å². The first-order valence-electron chi connectivity index (χ1n) is 8.10. The molecule has 3 rings (SSSR count). The van der Waals surface area contributed by atoms with E-state index in [2.05, 4.69) is 34.4 Å². The van der Waals surface area contributed by atoms with Gasteiger partial charge in [0.15, 0.2) is 0 Å². The van der Waals surface area contributed by atoms with Gasteiger partial charge in [0.2, 0.25) is 0 Å². The SMILES string of the molecule is CCC(C)C1CN(Cc2nccs2)C2(CCCC2)CN1. The maximum Gasteiger partial charge on any atom is 0.107 e. The van der Waals surface area contributed by atoms with Gasteiger partial charge in [-0.15, -0.1) is 11.3 Å². The maximum absolute atomic E-state index is 4.51. The van der Waals surface area contributed by atoms with Gasteiger partial charge in [-0.3, -0.25) is 4.90 Å². The fraction of sp³-hybridized carbons (Fsp3) is 0.812. The Morgan fingerprint density at radius 2 is 2.30 bits per heavy atom. The molecule has 2 heterocycles. The molecular formula is C16H27N3S. The van der Waals surface area contributed by atoms with E-state index in [-0.39, 0.29) is 0 Å². The van der Waals surface area contributed by atoms with Gasteiger partial charge < -0.3 is 5.32 Å². The van der Waals surface area contributed by atoms with Crippen molar-refractivity contribution < 1.29 is 0 Å². The largest absolute Gasteiger partial charge is 0.311 e. The number of aromatic nitrogens is 1. The second-order valence-corrected chi connectivity index (χ2v) is 7.59. The van der Waals surface area contributed by atoms with Crippen LogP contribution >= 0.6 is 11.3 Å². The number of rotatable bonds is 4. The number of piperazine rings is 1. The van der Waals surface area contributed by atoms with Crippen LogP contribution in [0.25, 0.3) is 0 Å². The summed E-state index contributed by atoms with van der Waals surface area (Å²) in [6.07, 6.45) is 8.71. The summed E-state index contributed by atoms with van der Waals surface area (Å²) in [5.74, 6) is 0.757. The third-order valence-electron chi connectivity index (χ3n) is 5.46. The molecule has 0 radical (unpaired) electrons. The summed E-state index contributed by atoms with van der Waals surface area (Å²) in [7, 11) is 0. The van der Waals surface area contributed by atoms with Gasteiger partial charge in [-0.05, 0) is 18.8 Å². The molecule has 1 saturated heterocycles. The minimum absolute atomic E-state index is 0.412. The minimum Gasteiger partial charge on any atom is -0.311 e. The van der Waals surface area contributed by atoms with E-state index in [1.54, 1.807) is 11.3 Å². The van der Waals surface area contributed by atoms with E-state index >= 15 is 0 Å². The van der Waals surface area contributed by atoms with Gasteiger partial charge in [-0.25, -0.2) is 4.98 Å². The topological polar surface area (TPSA) is 28.2 Å². The molecule has 3 nitrogen and oxygen atoms in total. The lowest BCUT2D eigenvalue weighted by Crippen LogP contribution is -2.64. The van der Waals surface area contributed by atoms with Gasteiger partial charge >= 0.3 is 0 Å². The minimum atomic E-state index is 0.412. The van der Waals surface area contributed by atoms with E-state index in [4.69, 9.17) is 0 Å². The monoisotopic (exact) mass is 293 g/mol. The van der Waals surface area contributed by atoms with Crippen LogP contribution < -0.4 is 5.32 Å². The molecule has 20 heavy (non-hydrogen) atoms. The Bertz CT molecular complexity index is 411. The molecule has 112 valence electrons. The lowest BCUT2D eigenvalue weighted by atomic mass is 9.87. The Balaban J connectivity index is 1.75. The number of nitrogens with zero attached hydrogens (tertiary/aromatic N) is 2. The fourth-order valence-corrected chi connectivity index (χ4v) is 4.48. The van der Waals surface area contributed by atoms with Crippen LogP contribution in [0.2, 0.25) is 0 Å². The third kappa shape index (κ3) is 2.78. The lowest BCUT2D eigenvalue weighted by Gasteiger charge is -2.49. The highest BCUT2D eigenvalue weighted by molar-refractivity contribution is 7.09. The number of hydrogen-bond acceptors (Lipinski definition) is 4. The number of nitrogens with one attached hydrogen (secondary N) is 1. The number of hydrogen-bond donors (Lipinski definition) is 1. The highest BCUT2D eigenvalue weighted by Crippen LogP contribution is 2.38. The molecule has 0 bridgehead atoms. The van der Waals surface area contributed by atoms with E-state index in [1.807, 2.05) is 6.20 Å². The van der Waals surface area contributed by atoms with Crippen LogP contribution in [-0.4, -0.2) is 34.6 Å². The second-order valence-electron chi connectivity index (χ2n) is 6.61. The summed E-state index contributed by atoms with van der Waals surface area (Å²) in [6.45, 7) is 8.09. The van der Waals surface area contributed by atoms with Crippen molar-refractivity contribution in [2.45, 2.75) is 64.1 Å². The van der Waals surface area contributed by atoms with Crippen molar-refractivity contribution >= 4 is 11.3 Å². The van der Waals surface area contributed by atoms with Crippen LogP contribution in [0.1, 0.15) is 51.0 Å². The summed E-state index contributed by atoms with van der Waals surface area (Å²) in [5.41, 5.74) is 0.412. The Labute approximate surface area is 126 Å². The van der Waals surface area contributed by atoms with Crippen molar-refractivity contribution in [3.8, 4) is 0 Å². The number of thiazole rings is 1. The molecule has 2 unspecified atom stereocenters. The summed E-state index contributed by atoms with van der Waals surface area (Å²) in [4.78, 5) is 7.27. The zero-order valence-electron chi connectivity index (χ0n) is 12.8. The lowest BCUT2D eigenvalue weighted by molar-refractivity contribution is 0.0238. The van der Waals surface area contributed by atoms with Gasteiger partial charge in [-0.2, -0.15) is 0 Å². The smallest absolute Gasteiger partial charge is 0.107 e. The van der Waals surface area contributed by atoms with Crippen molar-refractivity contribution in [2.75, 3.05) is 13.1 Å². The van der Waals surface area contributed by atoms with E-state index in [0.29, 0.717) is 11.6 Å². The fourth-order valence-electron chi connectivity index (χ4n) is 3.85. The normalized spacial score (nSPS) is 28.0. The maximum atomic E-state index is 4.51. The van der Waals surface area contributed by atoms with Crippen molar-refractivity contribution in [1.82, 2.24) is 15.2 Å². The van der Waals surface area contributed by atoms with Crippen LogP contribution in [0.3, 0.4) is 0 Å². The summed E-state index contributed by atoms with van der Waals surface area (Å²) in [5, 5.41) is 7.23. The van der Waals surface area contributed by atoms with Crippen molar-refractivity contribution in [1.29, 1.82) is 0 Å². The molecule has 2 fully saturated rings. The first kappa shape index (κ1) is 14.5. The average molecular weight is 293 g/mol. The predicted molar refractivity (Wildman–Crippen MR) is 85.0 cm³/mol. The van der Waals surface area contributed by atoms with Crippen LogP contribution in [0.5, 0.6) is 0 Å². The average Bonchev–Trinajstić information content (AvgIpc) is 3.13. The predicted octanol–water partition coefficient (Wildman–Crippen LogP) is 3.28. The molecule has 1 aromatic heterocycles. The Kier molecular flexibility index (Phi) is 4.43. The Morgan fingerprint density at radius 3 is 2.95 bits per heavy atom. The van der Waals surface area contributed by atoms with Gasteiger partial charge in [0, 0.05) is 36.2 Å². The van der Waals surface area contributed by atoms with Crippen LogP contribution in [0.4, 0.5) is 0 Å². The molecule has 1 aromatic rings. The van der Waals surface area contributed by atoms with Crippen molar-refractivity contribution in [3.63, 3.8) is 0 Å². The first-order chi connectivity index (χ1) is 9.73. The molecule has 2 atom stereocenters. The van der Waals surface area contributed by atoms with E-state index < -0.39 is 0 Å². The molecule has 1 N–H and O–H groups in total. The quantitative estimate of drug-likeness (QED) is 0.923. The van der Waals surface area contributed by atoms with Gasteiger partial charge in [0.1, 0.15) is 5.01 Å². The zero-order valence-corrected chi connectivity index (χ0v) is 13.6. The molecule has 1 aliphatic heterocycles. The van der Waals surface area contributed by atoms with Crippen LogP contribution in [0.15, 0.2) is 11.6 Å². The summed E-state index contributed by atoms with van der Waals surface area (Å²) < 4.78 is 0. The highest BCUT2D eigenvalue weighted by atomic mass is 32.1. The molecule has 0 amide bonds. The van der Waals surface area contributed by atoms with Gasteiger partial charge in [-0.1, -0.05) is 33.1 Å². The zero-order chi connectivity index (χ0) is 14.0. The molecule has 1 spiro atoms. The third-order valence-corrected chi connectivity index (χ3v) is 6.22. The van der Waals surface area contributed by atoms with Crippen molar-refractivity contribution in [2.24, 2.45) is 5.92 Å². The summed E-state index contributed by atoms with van der Waals surface area (Å²) in [6, 6.07) is 0.645. The molecule has 1 aliphatic carbocycles. The van der Waals surface area contributed by atoms with E-state index in [9.17, 15) is 0 Å². The molecule has 4 heteroatoms.